The number of hydrogen-bond donors (Lipinski definition) is 3. The van der Waals surface area contributed by atoms with E-state index in [1.54, 1.807) is 19.1 Å². The number of methoxy groups -OCH3 is 1. The van der Waals surface area contributed by atoms with Gasteiger partial charge in [0.2, 0.25) is 10.0 Å². The Hall–Kier alpha value is -1.64. The molecule has 1 unspecified atom stereocenters. The molecule has 2 amide bonds. The molecule has 7 nitrogen and oxygen atoms in total. The molecule has 1 aromatic carbocycles. The van der Waals surface area contributed by atoms with E-state index in [4.69, 9.17) is 4.74 Å². The summed E-state index contributed by atoms with van der Waals surface area (Å²) in [6, 6.07) is 5.77. The van der Waals surface area contributed by atoms with Crippen molar-refractivity contribution in [2.24, 2.45) is 0 Å². The lowest BCUT2D eigenvalue weighted by molar-refractivity contribution is 0.180. The van der Waals surface area contributed by atoms with Gasteiger partial charge in [-0.15, -0.1) is 0 Å². The third-order valence-corrected chi connectivity index (χ3v) is 6.24. The van der Waals surface area contributed by atoms with E-state index in [-0.39, 0.29) is 23.0 Å². The molecule has 2 rings (SSSR count). The zero-order chi connectivity index (χ0) is 19.7. The molecule has 152 valence electrons. The van der Waals surface area contributed by atoms with Crippen molar-refractivity contribution in [1.82, 2.24) is 10.0 Å². The third kappa shape index (κ3) is 7.48. The number of carbonyl (C=O) groups is 1. The number of carbonyl (C=O) groups excluding carboxylic acids is 1. The molecule has 0 spiro atoms. The van der Waals surface area contributed by atoms with Crippen LogP contribution in [0.4, 0.5) is 10.5 Å². The number of rotatable bonds is 7. The van der Waals surface area contributed by atoms with Crippen LogP contribution in [0.2, 0.25) is 0 Å². The first-order valence-electron chi connectivity index (χ1n) is 9.59. The molecule has 3 N–H and O–H groups in total. The van der Waals surface area contributed by atoms with Gasteiger partial charge in [0.05, 0.1) is 11.5 Å². The quantitative estimate of drug-likeness (QED) is 0.658. The molecule has 0 saturated heterocycles. The summed E-state index contributed by atoms with van der Waals surface area (Å²) >= 11 is 0. The molecular weight excluding hydrogens is 366 g/mol. The van der Waals surface area contributed by atoms with Crippen LogP contribution in [-0.4, -0.2) is 40.2 Å². The summed E-state index contributed by atoms with van der Waals surface area (Å²) in [5.74, 6) is 0. The van der Waals surface area contributed by atoms with Gasteiger partial charge in [0.1, 0.15) is 0 Å². The zero-order valence-electron chi connectivity index (χ0n) is 16.2. The molecule has 0 aromatic heterocycles. The number of sulfonamides is 1. The smallest absolute Gasteiger partial charge is 0.319 e. The second kappa shape index (κ2) is 10.6. The summed E-state index contributed by atoms with van der Waals surface area (Å²) in [6.45, 7) is 2.02. The lowest BCUT2D eigenvalue weighted by atomic mass is 9.97. The maximum atomic E-state index is 12.3. The highest BCUT2D eigenvalue weighted by molar-refractivity contribution is 7.89. The minimum absolute atomic E-state index is 0.149. The molecule has 0 radical (unpaired) electrons. The standard InChI is InChI=1S/C19H31N3O4S/c1-15(14-26-2)22-27(24,25)18-12-10-17(11-13-18)21-19(23)20-16-8-6-4-3-5-7-9-16/h10-13,15-16,22H,3-9,14H2,1-2H3,(H2,20,21,23). The van der Waals surface area contributed by atoms with E-state index in [9.17, 15) is 13.2 Å². The SMILES string of the molecule is COCC(C)NS(=O)(=O)c1ccc(NC(=O)NC2CCCCCCC2)cc1. The Morgan fingerprint density at radius 1 is 1.11 bits per heavy atom. The van der Waals surface area contributed by atoms with Gasteiger partial charge in [-0.25, -0.2) is 17.9 Å². The normalized spacial score (nSPS) is 17.6. The molecular formula is C19H31N3O4S. The van der Waals surface area contributed by atoms with E-state index < -0.39 is 10.0 Å². The lowest BCUT2D eigenvalue weighted by Gasteiger charge is -2.21. The van der Waals surface area contributed by atoms with Crippen molar-refractivity contribution >= 4 is 21.7 Å². The first kappa shape index (κ1) is 21.7. The van der Waals surface area contributed by atoms with Crippen LogP contribution in [0.1, 0.15) is 51.9 Å². The van der Waals surface area contributed by atoms with Crippen molar-refractivity contribution < 1.29 is 17.9 Å². The van der Waals surface area contributed by atoms with E-state index in [0.717, 1.165) is 25.7 Å². The number of hydrogen-bond acceptors (Lipinski definition) is 4. The molecule has 1 aliphatic carbocycles. The van der Waals surface area contributed by atoms with Crippen molar-refractivity contribution in [3.8, 4) is 0 Å². The first-order chi connectivity index (χ1) is 12.9. The minimum atomic E-state index is -3.62. The second-order valence-corrected chi connectivity index (χ2v) is 8.86. The van der Waals surface area contributed by atoms with Gasteiger partial charge in [-0.2, -0.15) is 0 Å². The highest BCUT2D eigenvalue weighted by Gasteiger charge is 2.18. The van der Waals surface area contributed by atoms with E-state index in [0.29, 0.717) is 12.3 Å². The highest BCUT2D eigenvalue weighted by atomic mass is 32.2. The highest BCUT2D eigenvalue weighted by Crippen LogP contribution is 2.18. The Balaban J connectivity index is 1.89. The molecule has 0 heterocycles. The Morgan fingerprint density at radius 2 is 1.70 bits per heavy atom. The molecule has 1 saturated carbocycles. The fraction of sp³-hybridized carbons (Fsp3) is 0.632. The average Bonchev–Trinajstić information content (AvgIpc) is 2.57. The van der Waals surface area contributed by atoms with Gasteiger partial charge in [-0.3, -0.25) is 0 Å². The Labute approximate surface area is 162 Å². The molecule has 1 aliphatic rings. The first-order valence-corrected chi connectivity index (χ1v) is 11.1. The molecule has 27 heavy (non-hydrogen) atoms. The van der Waals surface area contributed by atoms with Crippen LogP contribution >= 0.6 is 0 Å². The van der Waals surface area contributed by atoms with Crippen molar-refractivity contribution in [1.29, 1.82) is 0 Å². The van der Waals surface area contributed by atoms with Gasteiger partial charge >= 0.3 is 6.03 Å². The van der Waals surface area contributed by atoms with E-state index >= 15 is 0 Å². The van der Waals surface area contributed by atoms with Crippen molar-refractivity contribution in [3.63, 3.8) is 0 Å². The third-order valence-electron chi connectivity index (χ3n) is 4.64. The van der Waals surface area contributed by atoms with Crippen LogP contribution < -0.4 is 15.4 Å². The van der Waals surface area contributed by atoms with Gasteiger partial charge in [-0.1, -0.05) is 32.1 Å². The van der Waals surface area contributed by atoms with E-state index in [1.165, 1.54) is 38.5 Å². The fourth-order valence-electron chi connectivity index (χ4n) is 3.29. The maximum Gasteiger partial charge on any atom is 0.319 e. The minimum Gasteiger partial charge on any atom is -0.383 e. The Kier molecular flexibility index (Phi) is 8.53. The van der Waals surface area contributed by atoms with Gasteiger partial charge in [0.25, 0.3) is 0 Å². The number of anilines is 1. The lowest BCUT2D eigenvalue weighted by Crippen LogP contribution is -2.38. The summed E-state index contributed by atoms with van der Waals surface area (Å²) in [6.07, 6.45) is 8.05. The molecule has 1 fully saturated rings. The topological polar surface area (TPSA) is 96.5 Å². The second-order valence-electron chi connectivity index (χ2n) is 7.14. The molecule has 0 aliphatic heterocycles. The fourth-order valence-corrected chi connectivity index (χ4v) is 4.52. The summed E-state index contributed by atoms with van der Waals surface area (Å²) in [7, 11) is -2.09. The Morgan fingerprint density at radius 3 is 2.30 bits per heavy atom. The zero-order valence-corrected chi connectivity index (χ0v) is 17.0. The van der Waals surface area contributed by atoms with Gasteiger partial charge in [0, 0.05) is 24.9 Å². The maximum absolute atomic E-state index is 12.3. The number of benzene rings is 1. The number of urea groups is 1. The van der Waals surface area contributed by atoms with Crippen LogP contribution in [-0.2, 0) is 14.8 Å². The van der Waals surface area contributed by atoms with Crippen LogP contribution in [0.3, 0.4) is 0 Å². The largest absolute Gasteiger partial charge is 0.383 e. The van der Waals surface area contributed by atoms with Crippen LogP contribution in [0.5, 0.6) is 0 Å². The summed E-state index contributed by atoms with van der Waals surface area (Å²) in [4.78, 5) is 12.4. The predicted molar refractivity (Wildman–Crippen MR) is 106 cm³/mol. The molecule has 8 heteroatoms. The summed E-state index contributed by atoms with van der Waals surface area (Å²) in [5.41, 5.74) is 0.558. The molecule has 1 atom stereocenters. The van der Waals surface area contributed by atoms with Crippen molar-refractivity contribution in [3.05, 3.63) is 24.3 Å². The number of amides is 2. The molecule has 0 bridgehead atoms. The number of ether oxygens (including phenoxy) is 1. The van der Waals surface area contributed by atoms with Crippen LogP contribution in [0, 0.1) is 0 Å². The number of nitrogens with one attached hydrogen (secondary N) is 3. The van der Waals surface area contributed by atoms with Gasteiger partial charge in [0.15, 0.2) is 0 Å². The van der Waals surface area contributed by atoms with E-state index in [1.807, 2.05) is 0 Å². The van der Waals surface area contributed by atoms with Crippen LogP contribution in [0.25, 0.3) is 0 Å². The van der Waals surface area contributed by atoms with Gasteiger partial charge < -0.3 is 15.4 Å². The summed E-state index contributed by atoms with van der Waals surface area (Å²) in [5, 5.41) is 5.81. The van der Waals surface area contributed by atoms with E-state index in [2.05, 4.69) is 15.4 Å². The summed E-state index contributed by atoms with van der Waals surface area (Å²) < 4.78 is 32.1. The van der Waals surface area contributed by atoms with Crippen LogP contribution in [0.15, 0.2) is 29.2 Å². The Bertz CT molecular complexity index is 683. The van der Waals surface area contributed by atoms with Gasteiger partial charge in [-0.05, 0) is 44.0 Å². The predicted octanol–water partition coefficient (Wildman–Crippen LogP) is 3.23. The average molecular weight is 398 g/mol. The monoisotopic (exact) mass is 397 g/mol. The van der Waals surface area contributed by atoms with Crippen molar-refractivity contribution in [2.75, 3.05) is 19.0 Å². The van der Waals surface area contributed by atoms with Crippen molar-refractivity contribution in [2.45, 2.75) is 68.8 Å². The molecule has 1 aromatic rings.